The predicted molar refractivity (Wildman–Crippen MR) is 108 cm³/mol. The highest BCUT2D eigenvalue weighted by Crippen LogP contribution is 2.33. The van der Waals surface area contributed by atoms with Crippen molar-refractivity contribution in [3.63, 3.8) is 0 Å². The van der Waals surface area contributed by atoms with Crippen molar-refractivity contribution in [1.82, 2.24) is 14.9 Å². The van der Waals surface area contributed by atoms with Crippen LogP contribution in [0.1, 0.15) is 10.4 Å². The first-order valence-electron chi connectivity index (χ1n) is 7.44. The maximum atomic E-state index is 12.7. The fourth-order valence-corrected chi connectivity index (χ4v) is 4.02. The van der Waals surface area contributed by atoms with Gasteiger partial charge in [0.1, 0.15) is 0 Å². The van der Waals surface area contributed by atoms with Gasteiger partial charge in [-0.05, 0) is 49.0 Å². The molecule has 0 aliphatic carbocycles. The minimum absolute atomic E-state index is 0. The van der Waals surface area contributed by atoms with Gasteiger partial charge in [0.15, 0.2) is 15.6 Å². The van der Waals surface area contributed by atoms with Crippen LogP contribution in [0.5, 0.6) is 0 Å². The number of aromatic nitrogens is 2. The van der Waals surface area contributed by atoms with Gasteiger partial charge in [-0.15, -0.1) is 12.4 Å². The van der Waals surface area contributed by atoms with E-state index in [1.54, 1.807) is 4.57 Å². The van der Waals surface area contributed by atoms with Crippen molar-refractivity contribution < 1.29 is 4.79 Å². The molecule has 0 radical (unpaired) electrons. The molecule has 0 saturated carbocycles. The third kappa shape index (κ3) is 3.35. The quantitative estimate of drug-likeness (QED) is 0.648. The molecule has 0 amide bonds. The first kappa shape index (κ1) is 17.7. The fraction of sp³-hybridized carbons (Fsp3) is 0.118. The Hall–Kier alpha value is -2.09. The second kappa shape index (κ2) is 7.03. The minimum atomic E-state index is -0.470. The van der Waals surface area contributed by atoms with Gasteiger partial charge in [0.25, 0.3) is 5.91 Å². The van der Waals surface area contributed by atoms with Crippen LogP contribution in [0.4, 0.5) is 5.69 Å². The molecule has 1 unspecified atom stereocenters. The van der Waals surface area contributed by atoms with Gasteiger partial charge in [-0.1, -0.05) is 36.0 Å². The molecular formula is C17H15ClN4OS2. The van der Waals surface area contributed by atoms with E-state index in [4.69, 9.17) is 12.2 Å². The highest BCUT2D eigenvalue weighted by atomic mass is 35.5. The molecular weight excluding hydrogens is 376 g/mol. The van der Waals surface area contributed by atoms with Crippen LogP contribution in [0.3, 0.4) is 0 Å². The van der Waals surface area contributed by atoms with E-state index < -0.39 is 5.37 Å². The average Bonchev–Trinajstić information content (AvgIpc) is 3.04. The normalized spacial score (nSPS) is 15.6. The van der Waals surface area contributed by atoms with E-state index in [0.29, 0.717) is 10.3 Å². The largest absolute Gasteiger partial charge is 0.342 e. The lowest BCUT2D eigenvalue weighted by molar-refractivity contribution is 0.0910. The number of halogens is 1. The third-order valence-corrected chi connectivity index (χ3v) is 5.00. The number of anilines is 1. The molecule has 2 N–H and O–H groups in total. The molecule has 1 aliphatic rings. The molecule has 0 bridgehead atoms. The van der Waals surface area contributed by atoms with Gasteiger partial charge in [-0.25, -0.2) is 4.98 Å². The van der Waals surface area contributed by atoms with Crippen LogP contribution in [0.2, 0.25) is 0 Å². The Balaban J connectivity index is 0.00000182. The number of para-hydroxylation sites is 2. The standard InChI is InChI=1S/C17H14N4OS2.ClH/c1-10-5-4-6-11(9-10)18-16(23)20-14-15(22)21-13-8-3-2-7-12(13)19-17(21)24-14;/h2-9,14H,1H3,(H2,18,20,23);1H. The molecule has 4 rings (SSSR count). The van der Waals surface area contributed by atoms with Crippen LogP contribution < -0.4 is 10.6 Å². The van der Waals surface area contributed by atoms with Crippen molar-refractivity contribution >= 4 is 64.1 Å². The van der Waals surface area contributed by atoms with Gasteiger partial charge in [-0.3, -0.25) is 9.36 Å². The molecule has 3 aromatic rings. The molecule has 0 fully saturated rings. The van der Waals surface area contributed by atoms with Crippen LogP contribution in [0.15, 0.2) is 53.7 Å². The van der Waals surface area contributed by atoms with Crippen molar-refractivity contribution in [3.8, 4) is 0 Å². The molecule has 8 heteroatoms. The Morgan fingerprint density at radius 2 is 2.04 bits per heavy atom. The van der Waals surface area contributed by atoms with E-state index in [1.165, 1.54) is 11.8 Å². The Labute approximate surface area is 160 Å². The smallest absolute Gasteiger partial charge is 0.266 e. The number of imidazole rings is 1. The zero-order valence-electron chi connectivity index (χ0n) is 13.2. The summed E-state index contributed by atoms with van der Waals surface area (Å²) in [5.41, 5.74) is 3.69. The molecule has 0 spiro atoms. The summed E-state index contributed by atoms with van der Waals surface area (Å²) in [6.45, 7) is 2.02. The highest BCUT2D eigenvalue weighted by Gasteiger charge is 2.34. The molecule has 1 aliphatic heterocycles. The summed E-state index contributed by atoms with van der Waals surface area (Å²) >= 11 is 6.71. The molecule has 128 valence electrons. The molecule has 2 aromatic carbocycles. The third-order valence-electron chi connectivity index (χ3n) is 3.74. The van der Waals surface area contributed by atoms with E-state index in [1.807, 2.05) is 55.5 Å². The first-order chi connectivity index (χ1) is 11.6. The number of hydrogen-bond acceptors (Lipinski definition) is 4. The topological polar surface area (TPSA) is 59.0 Å². The zero-order chi connectivity index (χ0) is 16.7. The van der Waals surface area contributed by atoms with Crippen LogP contribution in [-0.2, 0) is 0 Å². The Morgan fingerprint density at radius 3 is 2.84 bits per heavy atom. The maximum absolute atomic E-state index is 12.7. The van der Waals surface area contributed by atoms with E-state index in [-0.39, 0.29) is 18.3 Å². The van der Waals surface area contributed by atoms with Gasteiger partial charge in [-0.2, -0.15) is 0 Å². The summed E-state index contributed by atoms with van der Waals surface area (Å²) in [4.78, 5) is 17.2. The molecule has 2 heterocycles. The number of hydrogen-bond donors (Lipinski definition) is 2. The van der Waals surface area contributed by atoms with Crippen LogP contribution in [-0.4, -0.2) is 25.9 Å². The fourth-order valence-electron chi connectivity index (χ4n) is 2.67. The second-order valence-electron chi connectivity index (χ2n) is 5.52. The second-order valence-corrected chi connectivity index (χ2v) is 7.00. The number of carbonyl (C=O) groups excluding carboxylic acids is 1. The number of nitrogens with one attached hydrogen (secondary N) is 2. The number of benzene rings is 2. The lowest BCUT2D eigenvalue weighted by Gasteiger charge is -2.14. The number of rotatable bonds is 2. The predicted octanol–water partition coefficient (Wildman–Crippen LogP) is 3.83. The SMILES string of the molecule is Cc1cccc(NC(=S)NC2Sc3nc4ccccc4n3C2=O)c1.Cl. The lowest BCUT2D eigenvalue weighted by Crippen LogP contribution is -2.40. The van der Waals surface area contributed by atoms with Crippen molar-refractivity contribution in [1.29, 1.82) is 0 Å². The number of carbonyl (C=O) groups is 1. The Morgan fingerprint density at radius 1 is 1.24 bits per heavy atom. The van der Waals surface area contributed by atoms with E-state index in [0.717, 1.165) is 22.3 Å². The monoisotopic (exact) mass is 390 g/mol. The first-order valence-corrected chi connectivity index (χ1v) is 8.73. The van der Waals surface area contributed by atoms with Crippen LogP contribution >= 0.6 is 36.4 Å². The number of aryl methyl sites for hydroxylation is 1. The van der Waals surface area contributed by atoms with Crippen molar-refractivity contribution in [2.24, 2.45) is 0 Å². The Bertz CT molecular complexity index is 972. The molecule has 5 nitrogen and oxygen atoms in total. The lowest BCUT2D eigenvalue weighted by atomic mass is 10.2. The van der Waals surface area contributed by atoms with Gasteiger partial charge in [0.2, 0.25) is 0 Å². The van der Waals surface area contributed by atoms with Crippen LogP contribution in [0, 0.1) is 6.92 Å². The van der Waals surface area contributed by atoms with Gasteiger partial charge in [0, 0.05) is 5.69 Å². The number of nitrogens with zero attached hydrogens (tertiary/aromatic N) is 2. The van der Waals surface area contributed by atoms with E-state index >= 15 is 0 Å². The summed E-state index contributed by atoms with van der Waals surface area (Å²) in [6, 6.07) is 15.5. The van der Waals surface area contributed by atoms with Gasteiger partial charge < -0.3 is 10.6 Å². The Kier molecular flexibility index (Phi) is 4.99. The van der Waals surface area contributed by atoms with Crippen molar-refractivity contribution in [2.45, 2.75) is 17.5 Å². The summed E-state index contributed by atoms with van der Waals surface area (Å²) in [6.07, 6.45) is 0. The van der Waals surface area contributed by atoms with E-state index in [2.05, 4.69) is 15.6 Å². The molecule has 1 aromatic heterocycles. The summed E-state index contributed by atoms with van der Waals surface area (Å²) in [5, 5.41) is 6.82. The molecule has 0 saturated heterocycles. The maximum Gasteiger partial charge on any atom is 0.266 e. The zero-order valence-corrected chi connectivity index (χ0v) is 15.7. The van der Waals surface area contributed by atoms with Crippen molar-refractivity contribution in [3.05, 3.63) is 54.1 Å². The summed E-state index contributed by atoms with van der Waals surface area (Å²) < 4.78 is 1.65. The summed E-state index contributed by atoms with van der Waals surface area (Å²) in [7, 11) is 0. The van der Waals surface area contributed by atoms with E-state index in [9.17, 15) is 4.79 Å². The minimum Gasteiger partial charge on any atom is -0.342 e. The van der Waals surface area contributed by atoms with Gasteiger partial charge >= 0.3 is 0 Å². The van der Waals surface area contributed by atoms with Gasteiger partial charge in [0.05, 0.1) is 11.0 Å². The number of thioether (sulfide) groups is 1. The number of fused-ring (bicyclic) bond motifs is 3. The van der Waals surface area contributed by atoms with Crippen molar-refractivity contribution in [2.75, 3.05) is 5.32 Å². The summed E-state index contributed by atoms with van der Waals surface area (Å²) in [5.74, 6) is -0.0582. The number of thiocarbonyl (C=S) groups is 1. The molecule has 1 atom stereocenters. The average molecular weight is 391 g/mol. The highest BCUT2D eigenvalue weighted by molar-refractivity contribution is 8.01. The molecule has 25 heavy (non-hydrogen) atoms. The van der Waals surface area contributed by atoms with Crippen LogP contribution in [0.25, 0.3) is 11.0 Å².